The lowest BCUT2D eigenvalue weighted by molar-refractivity contribution is 0.0289. The summed E-state index contributed by atoms with van der Waals surface area (Å²) in [6.07, 6.45) is -0.310. The van der Waals surface area contributed by atoms with Crippen molar-refractivity contribution in [3.05, 3.63) is 40.4 Å². The number of rotatable bonds is 4. The van der Waals surface area contributed by atoms with Crippen molar-refractivity contribution in [2.24, 2.45) is 0 Å². The second kappa shape index (κ2) is 7.01. The standard InChI is InChI=1S/C18H26N4O2/c1-12-10-22(9-8-21(12)11-13(2)23)14(3)17-19-16-7-5-4-6-15(16)18(24)20-17/h4-7,12-14,23H,8-11H2,1-3H3,(H,19,20,24)/t12-,13-,14+/m0/s1. The highest BCUT2D eigenvalue weighted by Crippen LogP contribution is 2.21. The molecule has 1 aliphatic rings. The zero-order valence-corrected chi connectivity index (χ0v) is 14.6. The highest BCUT2D eigenvalue weighted by atomic mass is 16.3. The summed E-state index contributed by atoms with van der Waals surface area (Å²) in [6.45, 7) is 9.50. The van der Waals surface area contributed by atoms with Gasteiger partial charge in [0.15, 0.2) is 0 Å². The minimum absolute atomic E-state index is 0.0541. The molecule has 3 rings (SSSR count). The fourth-order valence-corrected chi connectivity index (χ4v) is 3.46. The zero-order valence-electron chi connectivity index (χ0n) is 14.6. The van der Waals surface area contributed by atoms with Crippen LogP contribution < -0.4 is 5.56 Å². The largest absolute Gasteiger partial charge is 0.392 e. The Kier molecular flexibility index (Phi) is 4.99. The zero-order chi connectivity index (χ0) is 17.3. The fourth-order valence-electron chi connectivity index (χ4n) is 3.46. The van der Waals surface area contributed by atoms with Crippen LogP contribution in [0.2, 0.25) is 0 Å². The minimum atomic E-state index is -0.310. The highest BCUT2D eigenvalue weighted by molar-refractivity contribution is 5.77. The van der Waals surface area contributed by atoms with Gasteiger partial charge in [0.1, 0.15) is 5.82 Å². The molecule has 3 atom stereocenters. The van der Waals surface area contributed by atoms with Crippen molar-refractivity contribution in [1.82, 2.24) is 19.8 Å². The molecule has 0 spiro atoms. The van der Waals surface area contributed by atoms with Crippen LogP contribution in [0.3, 0.4) is 0 Å². The monoisotopic (exact) mass is 330 g/mol. The van der Waals surface area contributed by atoms with E-state index in [1.165, 1.54) is 0 Å². The Morgan fingerprint density at radius 3 is 2.79 bits per heavy atom. The summed E-state index contributed by atoms with van der Waals surface area (Å²) < 4.78 is 0. The molecule has 6 heteroatoms. The molecular formula is C18H26N4O2. The Bertz CT molecular complexity index is 758. The van der Waals surface area contributed by atoms with Crippen molar-refractivity contribution in [3.63, 3.8) is 0 Å². The Morgan fingerprint density at radius 2 is 2.08 bits per heavy atom. The van der Waals surface area contributed by atoms with E-state index in [4.69, 9.17) is 0 Å². The van der Waals surface area contributed by atoms with Crippen LogP contribution in [-0.4, -0.2) is 63.2 Å². The maximum atomic E-state index is 12.3. The third kappa shape index (κ3) is 3.50. The van der Waals surface area contributed by atoms with Crippen LogP contribution in [0, 0.1) is 0 Å². The summed E-state index contributed by atoms with van der Waals surface area (Å²) in [5.74, 6) is 0.717. The lowest BCUT2D eigenvalue weighted by Gasteiger charge is -2.42. The molecule has 1 aromatic heterocycles. The van der Waals surface area contributed by atoms with Gasteiger partial charge in [-0.15, -0.1) is 0 Å². The Hall–Kier alpha value is -1.76. The summed E-state index contributed by atoms with van der Waals surface area (Å²) in [5.41, 5.74) is 0.659. The number of aromatic amines is 1. The first-order chi connectivity index (χ1) is 11.5. The highest BCUT2D eigenvalue weighted by Gasteiger charge is 2.28. The van der Waals surface area contributed by atoms with E-state index in [0.717, 1.165) is 31.0 Å². The van der Waals surface area contributed by atoms with Crippen LogP contribution in [0.5, 0.6) is 0 Å². The van der Waals surface area contributed by atoms with E-state index in [1.807, 2.05) is 25.1 Å². The van der Waals surface area contributed by atoms with Gasteiger partial charge in [-0.2, -0.15) is 0 Å². The number of fused-ring (bicyclic) bond motifs is 1. The summed E-state index contributed by atoms with van der Waals surface area (Å²) in [7, 11) is 0. The number of aliphatic hydroxyl groups is 1. The predicted molar refractivity (Wildman–Crippen MR) is 95.1 cm³/mol. The van der Waals surface area contributed by atoms with E-state index in [9.17, 15) is 9.90 Å². The molecule has 1 saturated heterocycles. The van der Waals surface area contributed by atoms with Crippen molar-refractivity contribution >= 4 is 10.9 Å². The number of piperazine rings is 1. The number of H-pyrrole nitrogens is 1. The maximum absolute atomic E-state index is 12.3. The Morgan fingerprint density at radius 1 is 1.33 bits per heavy atom. The van der Waals surface area contributed by atoms with Crippen LogP contribution in [0.4, 0.5) is 0 Å². The average molecular weight is 330 g/mol. The minimum Gasteiger partial charge on any atom is -0.392 e. The molecule has 2 heterocycles. The Balaban J connectivity index is 1.78. The molecule has 0 bridgehead atoms. The molecule has 0 saturated carbocycles. The SMILES string of the molecule is C[C@H](O)CN1CCN([C@H](C)c2nc3ccccc3c(=O)[nH]2)C[C@@H]1C. The lowest BCUT2D eigenvalue weighted by Crippen LogP contribution is -2.54. The normalized spacial score (nSPS) is 22.6. The maximum Gasteiger partial charge on any atom is 0.258 e. The van der Waals surface area contributed by atoms with Gasteiger partial charge < -0.3 is 10.1 Å². The van der Waals surface area contributed by atoms with Crippen LogP contribution in [0.25, 0.3) is 10.9 Å². The van der Waals surface area contributed by atoms with Gasteiger partial charge in [-0.25, -0.2) is 4.98 Å². The van der Waals surface area contributed by atoms with E-state index in [0.29, 0.717) is 18.0 Å². The number of hydrogen-bond acceptors (Lipinski definition) is 5. The molecule has 1 fully saturated rings. The summed E-state index contributed by atoms with van der Waals surface area (Å²) in [4.78, 5) is 24.5. The van der Waals surface area contributed by atoms with Gasteiger partial charge in [0, 0.05) is 32.2 Å². The molecule has 2 aromatic rings. The summed E-state index contributed by atoms with van der Waals surface area (Å²) >= 11 is 0. The molecule has 2 N–H and O–H groups in total. The van der Waals surface area contributed by atoms with Gasteiger partial charge in [-0.05, 0) is 32.9 Å². The Labute approximate surface area is 142 Å². The molecule has 0 amide bonds. The quantitative estimate of drug-likeness (QED) is 0.886. The van der Waals surface area contributed by atoms with Crippen molar-refractivity contribution in [2.45, 2.75) is 39.0 Å². The average Bonchev–Trinajstić information content (AvgIpc) is 2.55. The van der Waals surface area contributed by atoms with Crippen molar-refractivity contribution in [1.29, 1.82) is 0 Å². The number of aromatic nitrogens is 2. The van der Waals surface area contributed by atoms with Crippen molar-refractivity contribution < 1.29 is 5.11 Å². The number of benzene rings is 1. The molecule has 0 radical (unpaired) electrons. The lowest BCUT2D eigenvalue weighted by atomic mass is 10.1. The third-order valence-electron chi connectivity index (χ3n) is 4.87. The fraction of sp³-hybridized carbons (Fsp3) is 0.556. The van der Waals surface area contributed by atoms with E-state index in [-0.39, 0.29) is 17.7 Å². The van der Waals surface area contributed by atoms with Gasteiger partial charge in [-0.3, -0.25) is 14.6 Å². The van der Waals surface area contributed by atoms with E-state index in [2.05, 4.69) is 33.6 Å². The second-order valence-electron chi connectivity index (χ2n) is 6.83. The first kappa shape index (κ1) is 17.1. The number of hydrogen-bond donors (Lipinski definition) is 2. The number of β-amino-alcohol motifs (C(OH)–C–C–N with tert-alkyl or cyclic N) is 1. The van der Waals surface area contributed by atoms with Crippen LogP contribution >= 0.6 is 0 Å². The first-order valence-electron chi connectivity index (χ1n) is 8.61. The topological polar surface area (TPSA) is 72.5 Å². The van der Waals surface area contributed by atoms with Gasteiger partial charge >= 0.3 is 0 Å². The molecule has 0 aliphatic carbocycles. The van der Waals surface area contributed by atoms with Gasteiger partial charge in [0.25, 0.3) is 5.56 Å². The van der Waals surface area contributed by atoms with Gasteiger partial charge in [0.2, 0.25) is 0 Å². The predicted octanol–water partition coefficient (Wildman–Crippen LogP) is 1.37. The van der Waals surface area contributed by atoms with E-state index < -0.39 is 0 Å². The van der Waals surface area contributed by atoms with Crippen molar-refractivity contribution in [3.8, 4) is 0 Å². The molecular weight excluding hydrogens is 304 g/mol. The molecule has 6 nitrogen and oxygen atoms in total. The second-order valence-corrected chi connectivity index (χ2v) is 6.83. The number of nitrogens with one attached hydrogen (secondary N) is 1. The molecule has 1 aromatic carbocycles. The summed E-state index contributed by atoms with van der Waals surface area (Å²) in [5, 5.41) is 10.2. The number of nitrogens with zero attached hydrogens (tertiary/aromatic N) is 3. The van der Waals surface area contributed by atoms with E-state index in [1.54, 1.807) is 6.07 Å². The molecule has 1 aliphatic heterocycles. The molecule has 130 valence electrons. The van der Waals surface area contributed by atoms with E-state index >= 15 is 0 Å². The summed E-state index contributed by atoms with van der Waals surface area (Å²) in [6, 6.07) is 7.85. The first-order valence-corrected chi connectivity index (χ1v) is 8.61. The number of aliphatic hydroxyl groups excluding tert-OH is 1. The van der Waals surface area contributed by atoms with Gasteiger partial charge in [0.05, 0.1) is 23.0 Å². The number of para-hydroxylation sites is 1. The van der Waals surface area contributed by atoms with Gasteiger partial charge in [-0.1, -0.05) is 12.1 Å². The van der Waals surface area contributed by atoms with Crippen LogP contribution in [-0.2, 0) is 0 Å². The third-order valence-corrected chi connectivity index (χ3v) is 4.87. The molecule has 0 unspecified atom stereocenters. The van der Waals surface area contributed by atoms with Crippen LogP contribution in [0.15, 0.2) is 29.1 Å². The van der Waals surface area contributed by atoms with Crippen LogP contribution in [0.1, 0.15) is 32.6 Å². The molecule has 24 heavy (non-hydrogen) atoms. The smallest absolute Gasteiger partial charge is 0.258 e. The van der Waals surface area contributed by atoms with Crippen molar-refractivity contribution in [2.75, 3.05) is 26.2 Å².